The Labute approximate surface area is 487 Å². The highest BCUT2D eigenvalue weighted by molar-refractivity contribution is 5.51. The number of rotatable bonds is 0. The number of aromatic nitrogens is 2. The van der Waals surface area contributed by atoms with Crippen LogP contribution >= 0.6 is 0 Å². The normalized spacial score (nSPS) is 11.6. The molecule has 0 aliphatic rings. The van der Waals surface area contributed by atoms with Crippen LogP contribution in [0.2, 0.25) is 0 Å². The Morgan fingerprint density at radius 1 is 0.275 bits per heavy atom. The molecule has 2 N–H and O–H groups in total. The van der Waals surface area contributed by atoms with Gasteiger partial charge in [-0.25, -0.2) is 9.97 Å². The predicted molar refractivity (Wildman–Crippen MR) is 337 cm³/mol. The smallest absolute Gasteiger partial charge is 0.120 e. The summed E-state index contributed by atoms with van der Waals surface area (Å²) >= 11 is 0. The average Bonchev–Trinajstić information content (AvgIpc) is 3.24. The standard InChI is InChI=1S/C76H92N2O2/c1-67(2,3)55(51-57(69(7,8)9)39-43-63-35-31-37-65(77-63)45-41-59(71(13,14)15)53-61(73(19,20)21)47-49-75(25,26)79)33-29-30-34-56(68(4,5)6)52-58(70(10,11)12)40-44-64-36-32-38-66(78-64)46-42-60(72(16,17)18)54-62(74(22,23)24)48-50-76(27,28)80/h31-32,35-38,79-80H,1-28H3. The van der Waals surface area contributed by atoms with Crippen molar-refractivity contribution >= 4 is 0 Å². The van der Waals surface area contributed by atoms with E-state index in [1.165, 1.54) is 0 Å². The third-order valence-corrected chi connectivity index (χ3v) is 11.2. The summed E-state index contributed by atoms with van der Waals surface area (Å²) in [6, 6.07) is 11.3. The Morgan fingerprint density at radius 3 is 0.625 bits per heavy atom. The summed E-state index contributed by atoms with van der Waals surface area (Å²) in [5, 5.41) is 20.7. The summed E-state index contributed by atoms with van der Waals surface area (Å²) in [6.07, 6.45) is 0. The SMILES string of the molecule is CC(C)(O)C#CC(=C=C(C#Cc1cccc(C#CC(=C=C(C#CC#CC(=C=C(C#Cc2cccc(C#CC(=C=C(C#CC(C)(C)O)C(C)(C)C)C(C)(C)C)n2)C(C)(C)C)C(C)(C)C)C(C)(C)C)C(C)(C)C)n1)C(C)(C)C)C(C)(C)C. The first-order chi connectivity index (χ1) is 35.9. The van der Waals surface area contributed by atoms with E-state index in [1.807, 2.05) is 36.4 Å². The van der Waals surface area contributed by atoms with Crippen molar-refractivity contribution in [1.82, 2.24) is 9.97 Å². The molecule has 2 aromatic heterocycles. The number of pyridine rings is 2. The van der Waals surface area contributed by atoms with E-state index >= 15 is 0 Å². The molecule has 0 spiro atoms. The highest BCUT2D eigenvalue weighted by Crippen LogP contribution is 2.33. The van der Waals surface area contributed by atoms with Gasteiger partial charge in [0.25, 0.3) is 0 Å². The highest BCUT2D eigenvalue weighted by Gasteiger charge is 2.24. The second kappa shape index (κ2) is 26.4. The van der Waals surface area contributed by atoms with Crippen LogP contribution in [0.15, 0.2) is 104 Å². The number of aliphatic hydroxyl groups is 2. The summed E-state index contributed by atoms with van der Waals surface area (Å²) in [4.78, 5) is 9.64. The van der Waals surface area contributed by atoms with Gasteiger partial charge in [0.05, 0.1) is 44.6 Å². The molecule has 0 amide bonds. The van der Waals surface area contributed by atoms with E-state index in [0.29, 0.717) is 22.8 Å². The lowest BCUT2D eigenvalue weighted by Gasteiger charge is -2.20. The molecule has 0 aliphatic heterocycles. The fraction of sp³-hybridized carbons (Fsp3) is 0.500. The molecule has 0 fully saturated rings. The van der Waals surface area contributed by atoms with Crippen LogP contribution in [0.3, 0.4) is 0 Å². The molecular formula is C76H92N2O2. The fourth-order valence-electron chi connectivity index (χ4n) is 6.02. The topological polar surface area (TPSA) is 66.2 Å². The highest BCUT2D eigenvalue weighted by atomic mass is 16.3. The lowest BCUT2D eigenvalue weighted by molar-refractivity contribution is 0.143. The molecule has 0 radical (unpaired) electrons. The second-order valence-electron chi connectivity index (χ2n) is 29.4. The molecule has 0 saturated heterocycles. The van der Waals surface area contributed by atoms with Crippen molar-refractivity contribution in [3.05, 3.63) is 127 Å². The first-order valence-electron chi connectivity index (χ1n) is 27.6. The minimum Gasteiger partial charge on any atom is -0.378 e. The maximum atomic E-state index is 10.3. The van der Waals surface area contributed by atoms with Gasteiger partial charge in [-0.05, 0) is 99.3 Å². The minimum atomic E-state index is -1.13. The summed E-state index contributed by atoms with van der Waals surface area (Å²) in [7, 11) is 0. The molecule has 4 heteroatoms. The van der Waals surface area contributed by atoms with Gasteiger partial charge < -0.3 is 10.2 Å². The first kappa shape index (κ1) is 68.9. The van der Waals surface area contributed by atoms with Gasteiger partial charge in [0.2, 0.25) is 0 Å². The fourth-order valence-corrected chi connectivity index (χ4v) is 6.02. The largest absolute Gasteiger partial charge is 0.378 e. The van der Waals surface area contributed by atoms with Crippen molar-refractivity contribution in [2.75, 3.05) is 0 Å². The number of nitrogens with zero attached hydrogens (tertiary/aromatic N) is 2. The van der Waals surface area contributed by atoms with E-state index < -0.39 is 11.2 Å². The second-order valence-corrected chi connectivity index (χ2v) is 29.4. The Hall–Kier alpha value is -7.22. The predicted octanol–water partition coefficient (Wildman–Crippen LogP) is 16.3. The van der Waals surface area contributed by atoms with Gasteiger partial charge in [-0.3, -0.25) is 0 Å². The van der Waals surface area contributed by atoms with Crippen LogP contribution in [0.1, 0.15) is 217 Å². The summed E-state index contributed by atoms with van der Waals surface area (Å²) in [6.45, 7) is 57.1. The van der Waals surface area contributed by atoms with E-state index in [1.54, 1.807) is 27.7 Å². The maximum absolute atomic E-state index is 10.3. The zero-order chi connectivity index (χ0) is 61.7. The average molecular weight is 1070 g/mol. The van der Waals surface area contributed by atoms with Gasteiger partial charge >= 0.3 is 0 Å². The summed E-state index contributed by atoms with van der Waals surface area (Å²) in [5.41, 5.74) is 17.9. The zero-order valence-electron chi connectivity index (χ0n) is 54.3. The van der Waals surface area contributed by atoms with Gasteiger partial charge in [0.1, 0.15) is 34.0 Å². The monoisotopic (exact) mass is 1060 g/mol. The van der Waals surface area contributed by atoms with Crippen molar-refractivity contribution in [2.24, 2.45) is 43.3 Å². The van der Waals surface area contributed by atoms with E-state index in [-0.39, 0.29) is 43.3 Å². The van der Waals surface area contributed by atoms with Crippen LogP contribution in [-0.2, 0) is 0 Å². The van der Waals surface area contributed by atoms with E-state index in [9.17, 15) is 10.2 Å². The van der Waals surface area contributed by atoms with Gasteiger partial charge in [0.15, 0.2) is 0 Å². The molecule has 2 aromatic rings. The molecule has 0 bridgehead atoms. The summed E-state index contributed by atoms with van der Waals surface area (Å²) in [5.74, 6) is 51.9. The minimum absolute atomic E-state index is 0.308. The first-order valence-corrected chi connectivity index (χ1v) is 27.6. The van der Waals surface area contributed by atoms with Crippen molar-refractivity contribution in [3.63, 3.8) is 0 Å². The number of hydrogen-bond donors (Lipinski definition) is 2. The van der Waals surface area contributed by atoms with Gasteiger partial charge in [-0.15, -0.1) is 0 Å². The van der Waals surface area contributed by atoms with Crippen LogP contribution < -0.4 is 0 Å². The Balaban J connectivity index is 2.87. The maximum Gasteiger partial charge on any atom is 0.120 e. The Kier molecular flexibility index (Phi) is 22.7. The van der Waals surface area contributed by atoms with Crippen LogP contribution in [0.4, 0.5) is 0 Å². The molecule has 4 nitrogen and oxygen atoms in total. The van der Waals surface area contributed by atoms with Crippen LogP contribution in [0.25, 0.3) is 0 Å². The molecular weight excluding hydrogens is 973 g/mol. The van der Waals surface area contributed by atoms with Gasteiger partial charge in [-0.1, -0.05) is 249 Å². The molecule has 80 heavy (non-hydrogen) atoms. The van der Waals surface area contributed by atoms with E-state index in [4.69, 9.17) is 9.97 Å². The lowest BCUT2D eigenvalue weighted by atomic mass is 9.82. The lowest BCUT2D eigenvalue weighted by Crippen LogP contribution is -2.16. The number of hydrogen-bond acceptors (Lipinski definition) is 4. The van der Waals surface area contributed by atoms with Crippen LogP contribution in [0, 0.1) is 138 Å². The van der Waals surface area contributed by atoms with Crippen LogP contribution in [-0.4, -0.2) is 31.4 Å². The molecule has 0 aliphatic carbocycles. The van der Waals surface area contributed by atoms with E-state index in [0.717, 1.165) is 44.6 Å². The molecule has 0 unspecified atom stereocenters. The van der Waals surface area contributed by atoms with Crippen molar-refractivity contribution in [1.29, 1.82) is 0 Å². The van der Waals surface area contributed by atoms with Crippen LogP contribution in [0.5, 0.6) is 0 Å². The summed E-state index contributed by atoms with van der Waals surface area (Å²) < 4.78 is 0. The molecule has 0 atom stereocenters. The Morgan fingerprint density at radius 2 is 0.450 bits per heavy atom. The quantitative estimate of drug-likeness (QED) is 0.204. The van der Waals surface area contributed by atoms with Gasteiger partial charge in [0, 0.05) is 43.3 Å². The zero-order valence-corrected chi connectivity index (χ0v) is 54.3. The van der Waals surface area contributed by atoms with Crippen molar-refractivity contribution < 1.29 is 10.2 Å². The third-order valence-electron chi connectivity index (χ3n) is 11.2. The molecule has 0 saturated carbocycles. The molecule has 2 heterocycles. The molecule has 2 rings (SSSR count). The van der Waals surface area contributed by atoms with E-state index in [2.05, 4.69) is 284 Å². The Bertz CT molecular complexity index is 3270. The molecule has 0 aromatic carbocycles. The number of allylic oxidation sites excluding steroid dienone is 4. The van der Waals surface area contributed by atoms with Crippen molar-refractivity contribution in [3.8, 4) is 94.7 Å². The van der Waals surface area contributed by atoms with Gasteiger partial charge in [-0.2, -0.15) is 0 Å². The van der Waals surface area contributed by atoms with Crippen molar-refractivity contribution in [2.45, 2.75) is 205 Å². The third kappa shape index (κ3) is 25.7. The molecule has 418 valence electrons.